The predicted octanol–water partition coefficient (Wildman–Crippen LogP) is 1.66. The van der Waals surface area contributed by atoms with E-state index >= 15 is 0 Å². The van der Waals surface area contributed by atoms with Crippen LogP contribution in [0.15, 0.2) is 53.6 Å². The van der Waals surface area contributed by atoms with Gasteiger partial charge >= 0.3 is 18.0 Å². The van der Waals surface area contributed by atoms with Crippen molar-refractivity contribution in [1.82, 2.24) is 5.43 Å². The van der Waals surface area contributed by atoms with E-state index in [1.165, 1.54) is 24.4 Å². The lowest BCUT2D eigenvalue weighted by Crippen LogP contribution is -2.32. The average molecular weight is 408 g/mol. The monoisotopic (exact) mass is 408 g/mol. The molecule has 2 aromatic rings. The third-order valence-electron chi connectivity index (χ3n) is 3.29. The van der Waals surface area contributed by atoms with Crippen LogP contribution in [-0.4, -0.2) is 30.5 Å². The fourth-order valence-electron chi connectivity index (χ4n) is 1.98. The highest BCUT2D eigenvalue weighted by atomic mass is 19.4. The topological polar surface area (TPSA) is 123 Å². The van der Waals surface area contributed by atoms with Gasteiger partial charge in [-0.25, -0.2) is 5.43 Å². The van der Waals surface area contributed by atoms with E-state index in [1.54, 1.807) is 12.1 Å². The maximum Gasteiger partial charge on any atom is 0.416 e. The molecule has 0 spiro atoms. The fourth-order valence-corrected chi connectivity index (χ4v) is 1.98. The lowest BCUT2D eigenvalue weighted by molar-refractivity contribution is -0.137. The van der Waals surface area contributed by atoms with E-state index in [-0.39, 0.29) is 12.3 Å². The number of benzene rings is 2. The Hall–Kier alpha value is -3.89. The minimum absolute atomic E-state index is 0.185. The van der Waals surface area contributed by atoms with Crippen LogP contribution in [0.5, 0.6) is 5.75 Å². The second-order valence-electron chi connectivity index (χ2n) is 5.56. The van der Waals surface area contributed by atoms with Crippen LogP contribution in [0.25, 0.3) is 0 Å². The van der Waals surface area contributed by atoms with Gasteiger partial charge in [-0.05, 0) is 48.0 Å². The van der Waals surface area contributed by atoms with Gasteiger partial charge in [-0.2, -0.15) is 18.3 Å². The van der Waals surface area contributed by atoms with Crippen LogP contribution in [0, 0.1) is 0 Å². The molecule has 2 aromatic carbocycles. The molecule has 0 heterocycles. The lowest BCUT2D eigenvalue weighted by Gasteiger charge is -2.09. The molecule has 0 aliphatic carbocycles. The first-order valence-electron chi connectivity index (χ1n) is 7.98. The number of alkyl halides is 3. The van der Waals surface area contributed by atoms with E-state index in [4.69, 9.17) is 10.5 Å². The van der Waals surface area contributed by atoms with Gasteiger partial charge in [0.05, 0.1) is 11.8 Å². The number of nitrogens with two attached hydrogens (primary N) is 1. The molecule has 0 aliphatic heterocycles. The van der Waals surface area contributed by atoms with Crippen molar-refractivity contribution < 1.29 is 32.3 Å². The number of primary amides is 1. The first-order chi connectivity index (χ1) is 13.6. The molecule has 3 amide bonds. The summed E-state index contributed by atoms with van der Waals surface area (Å²) in [5.41, 5.74) is 6.30. The predicted molar refractivity (Wildman–Crippen MR) is 96.9 cm³/mol. The van der Waals surface area contributed by atoms with Crippen LogP contribution >= 0.6 is 0 Å². The van der Waals surface area contributed by atoms with Gasteiger partial charge in [0.25, 0.3) is 5.91 Å². The van der Waals surface area contributed by atoms with Crippen molar-refractivity contribution in [3.63, 3.8) is 0 Å². The minimum atomic E-state index is -4.58. The Bertz CT molecular complexity index is 927. The summed E-state index contributed by atoms with van der Waals surface area (Å²) in [6, 6.07) is 10.1. The molecule has 4 N–H and O–H groups in total. The zero-order chi connectivity index (χ0) is 21.4. The van der Waals surface area contributed by atoms with Crippen LogP contribution in [0.2, 0.25) is 0 Å². The largest absolute Gasteiger partial charge is 0.484 e. The van der Waals surface area contributed by atoms with Gasteiger partial charge in [0.1, 0.15) is 5.75 Å². The minimum Gasteiger partial charge on any atom is -0.484 e. The van der Waals surface area contributed by atoms with Crippen LogP contribution in [0.4, 0.5) is 18.9 Å². The number of nitrogens with zero attached hydrogens (tertiary/aromatic N) is 1. The maximum absolute atomic E-state index is 12.7. The highest BCUT2D eigenvalue weighted by Gasteiger charge is 2.30. The Balaban J connectivity index is 1.88. The van der Waals surface area contributed by atoms with Crippen LogP contribution < -0.4 is 21.2 Å². The Labute approximate surface area is 162 Å². The molecule has 0 fully saturated rings. The molecule has 0 unspecified atom stereocenters. The third-order valence-corrected chi connectivity index (χ3v) is 3.29. The van der Waals surface area contributed by atoms with Gasteiger partial charge in [0.15, 0.2) is 6.61 Å². The van der Waals surface area contributed by atoms with Crippen LogP contribution in [0.1, 0.15) is 11.1 Å². The summed E-state index contributed by atoms with van der Waals surface area (Å²) in [6.45, 7) is -0.273. The number of rotatable bonds is 6. The molecule has 0 radical (unpaired) electrons. The number of ether oxygens (including phenoxy) is 1. The Kier molecular flexibility index (Phi) is 6.90. The van der Waals surface area contributed by atoms with Crippen molar-refractivity contribution in [2.45, 2.75) is 6.18 Å². The van der Waals surface area contributed by atoms with Gasteiger partial charge in [-0.3, -0.25) is 14.4 Å². The number of anilines is 1. The lowest BCUT2D eigenvalue weighted by atomic mass is 10.2. The molecule has 152 valence electrons. The third kappa shape index (κ3) is 6.97. The zero-order valence-electron chi connectivity index (χ0n) is 14.7. The number of hydrogen-bond donors (Lipinski definition) is 3. The zero-order valence-corrected chi connectivity index (χ0v) is 14.7. The second-order valence-corrected chi connectivity index (χ2v) is 5.56. The van der Waals surface area contributed by atoms with Gasteiger partial charge in [0.2, 0.25) is 0 Å². The fraction of sp³-hybridized carbons (Fsp3) is 0.111. The van der Waals surface area contributed by atoms with Crippen LogP contribution in [0.3, 0.4) is 0 Å². The molecule has 0 aliphatic rings. The van der Waals surface area contributed by atoms with E-state index in [9.17, 15) is 27.6 Å². The average Bonchev–Trinajstić information content (AvgIpc) is 2.66. The molecule has 2 rings (SSSR count). The molecule has 29 heavy (non-hydrogen) atoms. The molecular formula is C18H15F3N4O4. The SMILES string of the molecule is NC(=O)COc1ccc(/C=N/NC(=O)C(=O)Nc2cccc(C(F)(F)F)c2)cc1. The second kappa shape index (κ2) is 9.35. The standard InChI is InChI=1S/C18H15F3N4O4/c19-18(20,21)12-2-1-3-13(8-12)24-16(27)17(28)25-23-9-11-4-6-14(7-5-11)29-10-15(22)26/h1-9H,10H2,(H2,22,26)(H,24,27)(H,25,28)/b23-9+. The number of nitrogens with one attached hydrogen (secondary N) is 2. The first kappa shape index (κ1) is 21.4. The van der Waals surface area contributed by atoms with Crippen molar-refractivity contribution in [3.05, 3.63) is 59.7 Å². The molecule has 0 atom stereocenters. The first-order valence-corrected chi connectivity index (χ1v) is 7.98. The maximum atomic E-state index is 12.7. The number of halogens is 3. The summed E-state index contributed by atoms with van der Waals surface area (Å²) in [5.74, 6) is -2.58. The highest BCUT2D eigenvalue weighted by Crippen LogP contribution is 2.30. The van der Waals surface area contributed by atoms with Gasteiger partial charge < -0.3 is 15.8 Å². The summed E-state index contributed by atoms with van der Waals surface area (Å²) < 4.78 is 43.0. The smallest absolute Gasteiger partial charge is 0.416 e. The van der Waals surface area contributed by atoms with Crippen molar-refractivity contribution in [3.8, 4) is 5.75 Å². The number of amides is 3. The van der Waals surface area contributed by atoms with E-state index in [0.29, 0.717) is 17.4 Å². The number of carbonyl (C=O) groups excluding carboxylic acids is 3. The Morgan fingerprint density at radius 2 is 1.76 bits per heavy atom. The number of carbonyl (C=O) groups is 3. The van der Waals surface area contributed by atoms with Crippen molar-refractivity contribution in [2.24, 2.45) is 10.8 Å². The Morgan fingerprint density at radius 1 is 1.07 bits per heavy atom. The van der Waals surface area contributed by atoms with E-state index in [1.807, 2.05) is 5.43 Å². The number of hydrazone groups is 1. The normalized spacial score (nSPS) is 11.1. The molecule has 0 bridgehead atoms. The number of hydrogen-bond acceptors (Lipinski definition) is 5. The van der Waals surface area contributed by atoms with E-state index in [2.05, 4.69) is 10.4 Å². The summed E-state index contributed by atoms with van der Waals surface area (Å²) in [7, 11) is 0. The molecule has 0 saturated heterocycles. The summed E-state index contributed by atoms with van der Waals surface area (Å²) in [4.78, 5) is 34.1. The van der Waals surface area contributed by atoms with E-state index in [0.717, 1.165) is 12.1 Å². The molecule has 11 heteroatoms. The van der Waals surface area contributed by atoms with Crippen LogP contribution in [-0.2, 0) is 20.6 Å². The molecule has 0 aromatic heterocycles. The quantitative estimate of drug-likeness (QED) is 0.382. The van der Waals surface area contributed by atoms with Crippen molar-refractivity contribution in [1.29, 1.82) is 0 Å². The molecule has 0 saturated carbocycles. The van der Waals surface area contributed by atoms with Crippen molar-refractivity contribution >= 4 is 29.6 Å². The summed E-state index contributed by atoms with van der Waals surface area (Å²) in [6.07, 6.45) is -3.35. The summed E-state index contributed by atoms with van der Waals surface area (Å²) >= 11 is 0. The molecular weight excluding hydrogens is 393 g/mol. The van der Waals surface area contributed by atoms with Crippen molar-refractivity contribution in [2.75, 3.05) is 11.9 Å². The molecule has 8 nitrogen and oxygen atoms in total. The van der Waals surface area contributed by atoms with E-state index < -0.39 is 29.5 Å². The summed E-state index contributed by atoms with van der Waals surface area (Å²) in [5, 5.41) is 5.64. The highest BCUT2D eigenvalue weighted by molar-refractivity contribution is 6.39. The Morgan fingerprint density at radius 3 is 2.38 bits per heavy atom. The van der Waals surface area contributed by atoms with Gasteiger partial charge in [0, 0.05) is 5.69 Å². The van der Waals surface area contributed by atoms with Gasteiger partial charge in [-0.1, -0.05) is 6.07 Å². The van der Waals surface area contributed by atoms with Gasteiger partial charge in [-0.15, -0.1) is 0 Å².